The van der Waals surface area contributed by atoms with Crippen molar-refractivity contribution in [2.45, 2.75) is 18.9 Å². The Hall–Kier alpha value is -6.84. The summed E-state index contributed by atoms with van der Waals surface area (Å²) in [6, 6.07) is 50.0. The molecule has 0 amide bonds. The van der Waals surface area contributed by atoms with Crippen LogP contribution in [-0.2, 0) is 0 Å². The van der Waals surface area contributed by atoms with Gasteiger partial charge in [0.1, 0.15) is 5.84 Å². The molecule has 258 valence electrons. The molecule has 1 aliphatic heterocycles. The molecule has 54 heavy (non-hydrogen) atoms. The van der Waals surface area contributed by atoms with Crippen molar-refractivity contribution in [1.82, 2.24) is 10.3 Å². The number of nitrogens with zero attached hydrogens (tertiary/aromatic N) is 2. The van der Waals surface area contributed by atoms with Gasteiger partial charge >= 0.3 is 0 Å². The molecule has 0 spiro atoms. The minimum atomic E-state index is -0.0412. The summed E-state index contributed by atoms with van der Waals surface area (Å²) < 4.78 is 0. The number of hydrogen-bond donors (Lipinski definition) is 1. The van der Waals surface area contributed by atoms with Crippen LogP contribution in [0.3, 0.4) is 0 Å². The van der Waals surface area contributed by atoms with Gasteiger partial charge in [0.05, 0.1) is 11.7 Å². The van der Waals surface area contributed by atoms with E-state index in [1.807, 2.05) is 24.5 Å². The van der Waals surface area contributed by atoms with Crippen LogP contribution in [0.5, 0.6) is 0 Å². The Morgan fingerprint density at radius 3 is 1.81 bits per heavy atom. The quantitative estimate of drug-likeness (QED) is 0.127. The molecule has 0 fully saturated rings. The number of rotatable bonds is 8. The zero-order chi connectivity index (χ0) is 36.3. The van der Waals surface area contributed by atoms with E-state index in [4.69, 9.17) is 4.99 Å². The largest absolute Gasteiger partial charge is 0.359 e. The van der Waals surface area contributed by atoms with Gasteiger partial charge in [-0.2, -0.15) is 0 Å². The predicted molar refractivity (Wildman–Crippen MR) is 229 cm³/mol. The van der Waals surface area contributed by atoms with Gasteiger partial charge in [-0.3, -0.25) is 4.98 Å². The number of amidine groups is 1. The predicted octanol–water partition coefficient (Wildman–Crippen LogP) is 12.8. The van der Waals surface area contributed by atoms with Crippen molar-refractivity contribution in [2.75, 3.05) is 0 Å². The number of pyridine rings is 1. The third kappa shape index (κ3) is 6.42. The summed E-state index contributed by atoms with van der Waals surface area (Å²) in [4.78, 5) is 9.59. The van der Waals surface area contributed by atoms with E-state index in [2.05, 4.69) is 175 Å². The minimum Gasteiger partial charge on any atom is -0.359 e. The fourth-order valence-corrected chi connectivity index (χ4v) is 7.84. The van der Waals surface area contributed by atoms with Gasteiger partial charge in [0.15, 0.2) is 0 Å². The number of hydrogen-bond acceptors (Lipinski definition) is 3. The monoisotopic (exact) mass is 693 g/mol. The highest BCUT2D eigenvalue weighted by Crippen LogP contribution is 2.44. The zero-order valence-electron chi connectivity index (χ0n) is 30.0. The first kappa shape index (κ1) is 33.0. The number of aliphatic imine (C=N–C) groups is 1. The highest BCUT2D eigenvalue weighted by atomic mass is 15.0. The maximum Gasteiger partial charge on any atom is 0.130 e. The maximum absolute atomic E-state index is 5.28. The number of aromatic nitrogens is 1. The summed E-state index contributed by atoms with van der Waals surface area (Å²) in [5, 5.41) is 8.96. The van der Waals surface area contributed by atoms with E-state index >= 15 is 0 Å². The summed E-state index contributed by atoms with van der Waals surface area (Å²) in [6.45, 7) is 3.81. The van der Waals surface area contributed by atoms with Gasteiger partial charge < -0.3 is 5.32 Å². The summed E-state index contributed by atoms with van der Waals surface area (Å²) in [5.74, 6) is 0.925. The van der Waals surface area contributed by atoms with Crippen LogP contribution in [-0.4, -0.2) is 10.8 Å². The number of fused-ring (bicyclic) bond motifs is 2. The molecule has 1 unspecified atom stereocenters. The molecule has 1 N–H and O–H groups in total. The van der Waals surface area contributed by atoms with Crippen LogP contribution in [0.1, 0.15) is 41.1 Å². The van der Waals surface area contributed by atoms with E-state index in [0.717, 1.165) is 46.6 Å². The molecule has 9 rings (SSSR count). The molecule has 3 nitrogen and oxygen atoms in total. The van der Waals surface area contributed by atoms with Gasteiger partial charge in [0.2, 0.25) is 0 Å². The Balaban J connectivity index is 1.11. The molecule has 3 heteroatoms. The van der Waals surface area contributed by atoms with E-state index in [-0.39, 0.29) is 6.04 Å². The zero-order valence-corrected chi connectivity index (χ0v) is 30.0. The Morgan fingerprint density at radius 1 is 0.574 bits per heavy atom. The van der Waals surface area contributed by atoms with Crippen molar-refractivity contribution in [3.8, 4) is 22.3 Å². The third-order valence-corrected chi connectivity index (χ3v) is 10.5. The highest BCUT2D eigenvalue weighted by molar-refractivity contribution is 6.19. The van der Waals surface area contributed by atoms with E-state index in [1.165, 1.54) is 54.9 Å². The number of benzene rings is 6. The van der Waals surface area contributed by atoms with E-state index in [9.17, 15) is 0 Å². The first-order valence-electron chi connectivity index (χ1n) is 18.6. The third-order valence-electron chi connectivity index (χ3n) is 10.5. The van der Waals surface area contributed by atoms with Crippen LogP contribution in [0, 0.1) is 0 Å². The molecular weight excluding hydrogens is 655 g/mol. The summed E-state index contributed by atoms with van der Waals surface area (Å²) in [5.41, 5.74) is 13.0. The normalized spacial score (nSPS) is 15.7. The van der Waals surface area contributed by atoms with E-state index < -0.39 is 0 Å². The van der Waals surface area contributed by atoms with Crippen LogP contribution >= 0.6 is 0 Å². The molecule has 2 aliphatic rings. The standard InChI is InChI=1S/C51H39N3/c1-2-3-12-35-20-22-37(23-21-35)47-33-48(38-26-24-36(25-27-38)42-15-11-32-52-34-42)54-51(53-47)41-30-28-40(29-31-41)50-45-18-9-7-16-43(45)49(39-13-5-4-6-14-39)44-17-8-10-19-46(44)50/h2-28,30,32-34,48H,1,29,31H2,(H,53,54)/b12-3-. The summed E-state index contributed by atoms with van der Waals surface area (Å²) in [6.07, 6.45) is 18.2. The van der Waals surface area contributed by atoms with Crippen molar-refractivity contribution < 1.29 is 0 Å². The lowest BCUT2D eigenvalue weighted by Crippen LogP contribution is -2.32. The second-order valence-corrected chi connectivity index (χ2v) is 13.8. The highest BCUT2D eigenvalue weighted by Gasteiger charge is 2.24. The molecule has 1 aliphatic carbocycles. The fourth-order valence-electron chi connectivity index (χ4n) is 7.84. The number of allylic oxidation sites excluding steroid dienone is 5. The van der Waals surface area contributed by atoms with Gasteiger partial charge in [-0.15, -0.1) is 0 Å². The molecule has 0 saturated carbocycles. The van der Waals surface area contributed by atoms with Gasteiger partial charge in [-0.25, -0.2) is 4.99 Å². The molecule has 2 heterocycles. The Kier molecular flexibility index (Phi) is 8.96. The van der Waals surface area contributed by atoms with Gasteiger partial charge in [-0.05, 0) is 102 Å². The lowest BCUT2D eigenvalue weighted by Gasteiger charge is -2.27. The lowest BCUT2D eigenvalue weighted by atomic mass is 9.83. The molecule has 0 saturated heterocycles. The van der Waals surface area contributed by atoms with Crippen molar-refractivity contribution in [3.05, 3.63) is 217 Å². The van der Waals surface area contributed by atoms with Crippen LogP contribution < -0.4 is 5.32 Å². The average Bonchev–Trinajstić information content (AvgIpc) is 3.25. The van der Waals surface area contributed by atoms with E-state index in [0.29, 0.717) is 0 Å². The van der Waals surface area contributed by atoms with Crippen molar-refractivity contribution in [2.24, 2.45) is 4.99 Å². The molecule has 6 aromatic carbocycles. The molecule has 7 aromatic rings. The van der Waals surface area contributed by atoms with Crippen molar-refractivity contribution in [1.29, 1.82) is 0 Å². The molecule has 0 radical (unpaired) electrons. The van der Waals surface area contributed by atoms with Crippen LogP contribution in [0.4, 0.5) is 0 Å². The summed E-state index contributed by atoms with van der Waals surface area (Å²) >= 11 is 0. The van der Waals surface area contributed by atoms with Gasteiger partial charge in [-0.1, -0.05) is 170 Å². The van der Waals surface area contributed by atoms with Crippen LogP contribution in [0.2, 0.25) is 0 Å². The van der Waals surface area contributed by atoms with Crippen molar-refractivity contribution in [3.63, 3.8) is 0 Å². The molecule has 1 aromatic heterocycles. The minimum absolute atomic E-state index is 0.0412. The average molecular weight is 694 g/mol. The first-order chi connectivity index (χ1) is 26.7. The maximum atomic E-state index is 5.28. The molecular formula is C51H39N3. The SMILES string of the molecule is C=C/C=C\c1ccc(C2=CC(c3ccc(-c4cccnc4)cc3)NC(C3=CC=C(c4c5ccccc5c(-c5ccccc5)c5ccccc45)CC3)=N2)cc1. The topological polar surface area (TPSA) is 37.3 Å². The van der Waals surface area contributed by atoms with E-state index in [1.54, 1.807) is 6.08 Å². The summed E-state index contributed by atoms with van der Waals surface area (Å²) in [7, 11) is 0. The molecule has 0 bridgehead atoms. The van der Waals surface area contributed by atoms with Crippen LogP contribution in [0.25, 0.3) is 61.1 Å². The Bertz CT molecular complexity index is 2600. The van der Waals surface area contributed by atoms with Crippen molar-refractivity contribution >= 4 is 44.7 Å². The number of nitrogens with one attached hydrogen (secondary N) is 1. The Morgan fingerprint density at radius 2 is 1.19 bits per heavy atom. The molecule has 1 atom stereocenters. The van der Waals surface area contributed by atoms with Gasteiger partial charge in [0, 0.05) is 12.4 Å². The second-order valence-electron chi connectivity index (χ2n) is 13.8. The lowest BCUT2D eigenvalue weighted by molar-refractivity contribution is 0.774. The van der Waals surface area contributed by atoms with Crippen LogP contribution in [0.15, 0.2) is 199 Å². The smallest absolute Gasteiger partial charge is 0.130 e. The van der Waals surface area contributed by atoms with Gasteiger partial charge in [0.25, 0.3) is 0 Å². The fraction of sp³-hybridized carbons (Fsp3) is 0.0588. The first-order valence-corrected chi connectivity index (χ1v) is 18.6. The Labute approximate surface area is 316 Å². The second kappa shape index (κ2) is 14.7.